The third-order valence-electron chi connectivity index (χ3n) is 9.86. The third kappa shape index (κ3) is 8.15. The molecule has 1 aromatic carbocycles. The molecule has 4 heterocycles. The van der Waals surface area contributed by atoms with E-state index in [0.29, 0.717) is 36.0 Å². The molecule has 49 heavy (non-hydrogen) atoms. The van der Waals surface area contributed by atoms with E-state index in [1.165, 1.54) is 0 Å². The topological polar surface area (TPSA) is 131 Å². The standard InChI is InChI=1S/C36H52N8O4Si/c1-25-30(22-39-44(25)14-13-42-15-17-46-18-16-42)41-32-38-12-11-29(40-32)26-19-27(21-37)31-28(20-26)36(8,24-47-49(9,10)35(5,6)7)23-43(31)33(45)48-34(2,3)4/h11-12,19-20,22H,13-18,23-24H2,1-10H3,(H,38,40,41)/t36-/m1/s1. The Balaban J connectivity index is 1.46. The first-order valence-corrected chi connectivity index (χ1v) is 20.0. The predicted molar refractivity (Wildman–Crippen MR) is 194 cm³/mol. The number of nitrogens with one attached hydrogen (secondary N) is 1. The number of nitriles is 1. The van der Waals surface area contributed by atoms with Crippen LogP contribution in [0.15, 0.2) is 30.6 Å². The summed E-state index contributed by atoms with van der Waals surface area (Å²) in [5, 5.41) is 18.4. The number of fused-ring (bicyclic) bond motifs is 1. The molecule has 1 fully saturated rings. The normalized spacial score (nSPS) is 18.7. The van der Waals surface area contributed by atoms with E-state index in [1.54, 1.807) is 23.4 Å². The summed E-state index contributed by atoms with van der Waals surface area (Å²) < 4.78 is 20.0. The van der Waals surface area contributed by atoms with Crippen molar-refractivity contribution < 1.29 is 18.7 Å². The van der Waals surface area contributed by atoms with E-state index in [9.17, 15) is 10.1 Å². The highest BCUT2D eigenvalue weighted by molar-refractivity contribution is 6.74. The van der Waals surface area contributed by atoms with Crippen LogP contribution in [-0.4, -0.2) is 90.7 Å². The Morgan fingerprint density at radius 1 is 1.14 bits per heavy atom. The molecule has 0 spiro atoms. The van der Waals surface area contributed by atoms with Crippen molar-refractivity contribution in [3.05, 3.63) is 47.4 Å². The van der Waals surface area contributed by atoms with E-state index in [2.05, 4.69) is 67.2 Å². The quantitative estimate of drug-likeness (QED) is 0.245. The first-order chi connectivity index (χ1) is 22.9. The van der Waals surface area contributed by atoms with E-state index in [1.807, 2.05) is 44.5 Å². The molecule has 0 saturated carbocycles. The molecule has 13 heteroatoms. The molecule has 5 rings (SSSR count). The zero-order valence-electron chi connectivity index (χ0n) is 30.8. The molecule has 2 aliphatic heterocycles. The summed E-state index contributed by atoms with van der Waals surface area (Å²) in [7, 11) is -2.13. The third-order valence-corrected chi connectivity index (χ3v) is 14.3. The number of anilines is 3. The molecule has 264 valence electrons. The maximum Gasteiger partial charge on any atom is 0.414 e. The summed E-state index contributed by atoms with van der Waals surface area (Å²) >= 11 is 0. The van der Waals surface area contributed by atoms with Gasteiger partial charge in [0.25, 0.3) is 0 Å². The minimum atomic E-state index is -2.13. The summed E-state index contributed by atoms with van der Waals surface area (Å²) in [5.41, 5.74) is 3.74. The number of carbonyl (C=O) groups is 1. The van der Waals surface area contributed by atoms with Crippen molar-refractivity contribution in [1.82, 2.24) is 24.6 Å². The smallest absolute Gasteiger partial charge is 0.414 e. The van der Waals surface area contributed by atoms with Gasteiger partial charge in [0.2, 0.25) is 5.95 Å². The summed E-state index contributed by atoms with van der Waals surface area (Å²) in [5.74, 6) is 0.423. The first kappa shape index (κ1) is 36.4. The summed E-state index contributed by atoms with van der Waals surface area (Å²) in [6.07, 6.45) is 3.02. The van der Waals surface area contributed by atoms with Gasteiger partial charge in [-0.25, -0.2) is 14.8 Å². The van der Waals surface area contributed by atoms with Gasteiger partial charge < -0.3 is 19.2 Å². The Labute approximate surface area is 291 Å². The lowest BCUT2D eigenvalue weighted by molar-refractivity contribution is 0.0359. The monoisotopic (exact) mass is 688 g/mol. The minimum Gasteiger partial charge on any atom is -0.443 e. The number of hydrogen-bond donors (Lipinski definition) is 1. The Kier molecular flexibility index (Phi) is 10.3. The lowest BCUT2D eigenvalue weighted by Crippen LogP contribution is -2.46. The molecule has 1 N–H and O–H groups in total. The summed E-state index contributed by atoms with van der Waals surface area (Å²) in [4.78, 5) is 26.9. The Hall–Kier alpha value is -3.83. The van der Waals surface area contributed by atoms with E-state index < -0.39 is 25.4 Å². The van der Waals surface area contributed by atoms with Gasteiger partial charge in [-0.2, -0.15) is 10.4 Å². The molecular formula is C36H52N8O4Si. The van der Waals surface area contributed by atoms with Crippen molar-refractivity contribution in [3.63, 3.8) is 0 Å². The summed E-state index contributed by atoms with van der Waals surface area (Å²) in [6, 6.07) is 8.02. The van der Waals surface area contributed by atoms with Gasteiger partial charge in [-0.3, -0.25) is 14.5 Å². The van der Waals surface area contributed by atoms with Crippen molar-refractivity contribution in [2.45, 2.75) is 91.1 Å². The van der Waals surface area contributed by atoms with Gasteiger partial charge in [0.05, 0.1) is 54.3 Å². The van der Waals surface area contributed by atoms with Crippen molar-refractivity contribution in [2.75, 3.05) is 56.2 Å². The Bertz CT molecular complexity index is 1710. The molecule has 1 atom stereocenters. The van der Waals surface area contributed by atoms with Crippen LogP contribution in [0.25, 0.3) is 11.3 Å². The number of ether oxygens (including phenoxy) is 2. The zero-order chi connectivity index (χ0) is 35.8. The molecule has 2 aromatic heterocycles. The Morgan fingerprint density at radius 3 is 2.51 bits per heavy atom. The number of rotatable bonds is 9. The number of benzene rings is 1. The van der Waals surface area contributed by atoms with Crippen LogP contribution in [0.1, 0.15) is 65.3 Å². The van der Waals surface area contributed by atoms with Crippen molar-refractivity contribution in [2.24, 2.45) is 0 Å². The van der Waals surface area contributed by atoms with Gasteiger partial charge in [-0.05, 0) is 69.6 Å². The molecule has 0 bridgehead atoms. The molecule has 0 unspecified atom stereocenters. The van der Waals surface area contributed by atoms with Crippen LogP contribution in [0.2, 0.25) is 18.1 Å². The van der Waals surface area contributed by atoms with Gasteiger partial charge in [0.1, 0.15) is 11.7 Å². The molecule has 3 aromatic rings. The molecule has 12 nitrogen and oxygen atoms in total. The molecule has 1 amide bonds. The number of morpholine rings is 1. The molecule has 0 radical (unpaired) electrons. The van der Waals surface area contributed by atoms with Crippen molar-refractivity contribution in [1.29, 1.82) is 5.26 Å². The van der Waals surface area contributed by atoms with Crippen LogP contribution < -0.4 is 10.2 Å². The second kappa shape index (κ2) is 13.8. The van der Waals surface area contributed by atoms with Gasteiger partial charge >= 0.3 is 6.09 Å². The van der Waals surface area contributed by atoms with Crippen LogP contribution in [0.3, 0.4) is 0 Å². The largest absolute Gasteiger partial charge is 0.443 e. The molecule has 2 aliphatic rings. The van der Waals surface area contributed by atoms with Gasteiger partial charge in [0, 0.05) is 50.0 Å². The van der Waals surface area contributed by atoms with Crippen LogP contribution >= 0.6 is 0 Å². The van der Waals surface area contributed by atoms with Crippen LogP contribution in [-0.2, 0) is 25.9 Å². The fraction of sp³-hybridized carbons (Fsp3) is 0.583. The van der Waals surface area contributed by atoms with Crippen molar-refractivity contribution in [3.8, 4) is 17.3 Å². The highest BCUT2D eigenvalue weighted by atomic mass is 28.4. The van der Waals surface area contributed by atoms with E-state index >= 15 is 0 Å². The maximum atomic E-state index is 13.6. The predicted octanol–water partition coefficient (Wildman–Crippen LogP) is 6.63. The zero-order valence-corrected chi connectivity index (χ0v) is 31.8. The highest BCUT2D eigenvalue weighted by Gasteiger charge is 2.47. The SMILES string of the molecule is Cc1c(Nc2nccc(-c3cc(C#N)c4c(c3)[C@@](C)(CO[Si](C)(C)C(C)(C)C)CN4C(=O)OC(C)(C)C)n2)cnn1CCN1CCOCC1. The maximum absolute atomic E-state index is 13.6. The van der Waals surface area contributed by atoms with E-state index in [0.717, 1.165) is 61.9 Å². The van der Waals surface area contributed by atoms with E-state index in [4.69, 9.17) is 18.9 Å². The second-order valence-electron chi connectivity index (χ2n) is 15.9. The number of amides is 1. The van der Waals surface area contributed by atoms with Crippen LogP contribution in [0.4, 0.5) is 22.1 Å². The lowest BCUT2D eigenvalue weighted by atomic mass is 9.83. The number of carbonyl (C=O) groups excluding carboxylic acids is 1. The van der Waals surface area contributed by atoms with Gasteiger partial charge in [-0.15, -0.1) is 0 Å². The average molecular weight is 689 g/mol. The fourth-order valence-electron chi connectivity index (χ4n) is 5.84. The number of aromatic nitrogens is 4. The average Bonchev–Trinajstić information content (AvgIpc) is 3.54. The van der Waals surface area contributed by atoms with Gasteiger partial charge in [-0.1, -0.05) is 27.7 Å². The molecule has 1 saturated heterocycles. The van der Waals surface area contributed by atoms with E-state index in [-0.39, 0.29) is 5.04 Å². The molecule has 0 aliphatic carbocycles. The van der Waals surface area contributed by atoms with Crippen molar-refractivity contribution >= 4 is 31.7 Å². The van der Waals surface area contributed by atoms with Crippen LogP contribution in [0.5, 0.6) is 0 Å². The minimum absolute atomic E-state index is 0.0112. The second-order valence-corrected chi connectivity index (χ2v) is 20.7. The molecular weight excluding hydrogens is 637 g/mol. The lowest BCUT2D eigenvalue weighted by Gasteiger charge is -2.39. The van der Waals surface area contributed by atoms with Gasteiger partial charge in [0.15, 0.2) is 8.32 Å². The number of nitrogens with zero attached hydrogens (tertiary/aromatic N) is 7. The highest BCUT2D eigenvalue weighted by Crippen LogP contribution is 2.47. The summed E-state index contributed by atoms with van der Waals surface area (Å²) in [6.45, 7) is 26.5. The Morgan fingerprint density at radius 2 is 1.86 bits per heavy atom. The first-order valence-electron chi connectivity index (χ1n) is 17.1. The van der Waals surface area contributed by atoms with Crippen LogP contribution in [0, 0.1) is 18.3 Å². The number of hydrogen-bond acceptors (Lipinski definition) is 10. The fourth-order valence-corrected chi connectivity index (χ4v) is 6.95.